The lowest BCUT2D eigenvalue weighted by Crippen LogP contribution is -2.51. The maximum atomic E-state index is 12.5. The highest BCUT2D eigenvalue weighted by atomic mass is 16.2. The molecule has 0 aromatic rings. The average Bonchev–Trinajstić information content (AvgIpc) is 3.18. The molecule has 2 N–H and O–H groups in total. The maximum Gasteiger partial charge on any atom is 0.245 e. The minimum atomic E-state index is -0.267. The monoisotopic (exact) mass is 265 g/mol. The van der Waals surface area contributed by atoms with Crippen LogP contribution in [0.5, 0.6) is 0 Å². The number of carbonyl (C=O) groups is 2. The molecule has 3 fully saturated rings. The predicted octanol–water partition coefficient (Wildman–Crippen LogP) is 0.398. The molecule has 5 nitrogen and oxygen atoms in total. The van der Waals surface area contributed by atoms with Crippen molar-refractivity contribution in [3.63, 3.8) is 0 Å². The number of hydrogen-bond donors (Lipinski definition) is 2. The fraction of sp³-hybridized carbons (Fsp3) is 0.857. The van der Waals surface area contributed by atoms with Gasteiger partial charge in [0.1, 0.15) is 6.04 Å². The number of hydrogen-bond acceptors (Lipinski definition) is 3. The summed E-state index contributed by atoms with van der Waals surface area (Å²) in [7, 11) is 0. The molecule has 0 aromatic carbocycles. The molecule has 2 amide bonds. The second kappa shape index (κ2) is 5.49. The highest BCUT2D eigenvalue weighted by molar-refractivity contribution is 5.91. The van der Waals surface area contributed by atoms with Gasteiger partial charge in [-0.2, -0.15) is 0 Å². The molecule has 1 saturated carbocycles. The molecule has 1 aliphatic carbocycles. The van der Waals surface area contributed by atoms with E-state index in [4.69, 9.17) is 0 Å². The Labute approximate surface area is 114 Å². The van der Waals surface area contributed by atoms with Crippen LogP contribution in [-0.2, 0) is 9.59 Å². The van der Waals surface area contributed by atoms with Crippen molar-refractivity contribution in [1.29, 1.82) is 0 Å². The topological polar surface area (TPSA) is 61.4 Å². The summed E-state index contributed by atoms with van der Waals surface area (Å²) in [6.45, 7) is 1.88. The van der Waals surface area contributed by atoms with Crippen molar-refractivity contribution in [2.45, 2.75) is 63.1 Å². The number of nitrogens with zero attached hydrogens (tertiary/aromatic N) is 1. The van der Waals surface area contributed by atoms with Gasteiger partial charge < -0.3 is 15.5 Å². The minimum absolute atomic E-state index is 0.0184. The van der Waals surface area contributed by atoms with Crippen LogP contribution in [0.4, 0.5) is 0 Å². The van der Waals surface area contributed by atoms with Crippen LogP contribution < -0.4 is 10.6 Å². The molecule has 3 rings (SSSR count). The van der Waals surface area contributed by atoms with E-state index in [0.29, 0.717) is 24.9 Å². The first-order valence-corrected chi connectivity index (χ1v) is 7.57. The van der Waals surface area contributed by atoms with E-state index in [0.717, 1.165) is 32.4 Å². The lowest BCUT2D eigenvalue weighted by molar-refractivity contribution is -0.135. The fourth-order valence-electron chi connectivity index (χ4n) is 3.12. The standard InChI is InChI=1S/C14H23N3O2/c18-13-7-6-12(16-13)14(19)17(11-4-5-11)9-10-3-1-2-8-15-10/h10-12,15H,1-9H2,(H,16,18)/t10?,12-/m1/s1. The van der Waals surface area contributed by atoms with Gasteiger partial charge in [-0.3, -0.25) is 9.59 Å². The van der Waals surface area contributed by atoms with Crippen molar-refractivity contribution in [3.05, 3.63) is 0 Å². The molecule has 2 atom stereocenters. The van der Waals surface area contributed by atoms with Gasteiger partial charge in [0.15, 0.2) is 0 Å². The molecular weight excluding hydrogens is 242 g/mol. The Morgan fingerprint density at radius 2 is 2.05 bits per heavy atom. The molecule has 2 saturated heterocycles. The Balaban J connectivity index is 1.60. The SMILES string of the molecule is O=C1CC[C@H](C(=O)N(CC2CCCCN2)C2CC2)N1. The van der Waals surface area contributed by atoms with Gasteiger partial charge in [0.2, 0.25) is 11.8 Å². The van der Waals surface area contributed by atoms with E-state index in [1.165, 1.54) is 12.8 Å². The van der Waals surface area contributed by atoms with Crippen LogP contribution in [0.25, 0.3) is 0 Å². The van der Waals surface area contributed by atoms with Crippen molar-refractivity contribution >= 4 is 11.8 Å². The average molecular weight is 265 g/mol. The van der Waals surface area contributed by atoms with Crippen LogP contribution in [0.15, 0.2) is 0 Å². The first-order chi connectivity index (χ1) is 9.24. The number of nitrogens with one attached hydrogen (secondary N) is 2. The molecule has 2 heterocycles. The highest BCUT2D eigenvalue weighted by Gasteiger charge is 2.39. The van der Waals surface area contributed by atoms with Crippen LogP contribution in [-0.4, -0.2) is 47.9 Å². The molecule has 19 heavy (non-hydrogen) atoms. The third-order valence-electron chi connectivity index (χ3n) is 4.39. The summed E-state index contributed by atoms with van der Waals surface area (Å²) in [5.41, 5.74) is 0. The van der Waals surface area contributed by atoms with Gasteiger partial charge in [0.25, 0.3) is 0 Å². The van der Waals surface area contributed by atoms with Crippen molar-refractivity contribution in [2.24, 2.45) is 0 Å². The third-order valence-corrected chi connectivity index (χ3v) is 4.39. The van der Waals surface area contributed by atoms with Crippen molar-refractivity contribution < 1.29 is 9.59 Å². The molecule has 0 spiro atoms. The van der Waals surface area contributed by atoms with Gasteiger partial charge in [-0.05, 0) is 38.6 Å². The zero-order chi connectivity index (χ0) is 13.2. The minimum Gasteiger partial charge on any atom is -0.344 e. The molecule has 2 aliphatic heterocycles. The number of amides is 2. The molecule has 0 radical (unpaired) electrons. The van der Waals surface area contributed by atoms with Gasteiger partial charge in [-0.15, -0.1) is 0 Å². The second-order valence-corrected chi connectivity index (χ2v) is 6.03. The maximum absolute atomic E-state index is 12.5. The molecule has 0 bridgehead atoms. The normalized spacial score (nSPS) is 31.1. The number of piperidine rings is 1. The van der Waals surface area contributed by atoms with Crippen molar-refractivity contribution in [2.75, 3.05) is 13.1 Å². The molecular formula is C14H23N3O2. The van der Waals surface area contributed by atoms with E-state index in [1.807, 2.05) is 4.90 Å². The molecule has 3 aliphatic rings. The van der Waals surface area contributed by atoms with Gasteiger partial charge in [-0.1, -0.05) is 6.42 Å². The fourth-order valence-corrected chi connectivity index (χ4v) is 3.12. The van der Waals surface area contributed by atoms with Crippen LogP contribution in [0.1, 0.15) is 44.9 Å². The predicted molar refractivity (Wildman–Crippen MR) is 71.5 cm³/mol. The first-order valence-electron chi connectivity index (χ1n) is 7.57. The largest absolute Gasteiger partial charge is 0.344 e. The highest BCUT2D eigenvalue weighted by Crippen LogP contribution is 2.29. The summed E-state index contributed by atoms with van der Waals surface area (Å²) in [5, 5.41) is 6.31. The van der Waals surface area contributed by atoms with E-state index in [1.54, 1.807) is 0 Å². The van der Waals surface area contributed by atoms with Crippen molar-refractivity contribution in [3.8, 4) is 0 Å². The van der Waals surface area contributed by atoms with E-state index >= 15 is 0 Å². The Hall–Kier alpha value is -1.10. The summed E-state index contributed by atoms with van der Waals surface area (Å²) in [5.74, 6) is 0.158. The lowest BCUT2D eigenvalue weighted by atomic mass is 10.0. The Morgan fingerprint density at radius 1 is 1.21 bits per heavy atom. The Kier molecular flexibility index (Phi) is 3.73. The Morgan fingerprint density at radius 3 is 2.63 bits per heavy atom. The summed E-state index contributed by atoms with van der Waals surface area (Å²) >= 11 is 0. The molecule has 5 heteroatoms. The lowest BCUT2D eigenvalue weighted by Gasteiger charge is -2.32. The van der Waals surface area contributed by atoms with Gasteiger partial charge in [0, 0.05) is 25.0 Å². The summed E-state index contributed by atoms with van der Waals surface area (Å²) < 4.78 is 0. The first kappa shape index (κ1) is 12.9. The molecule has 1 unspecified atom stereocenters. The van der Waals surface area contributed by atoms with Gasteiger partial charge in [0.05, 0.1) is 0 Å². The third kappa shape index (κ3) is 3.08. The zero-order valence-electron chi connectivity index (χ0n) is 11.4. The van der Waals surface area contributed by atoms with Crippen LogP contribution in [0.2, 0.25) is 0 Å². The summed E-state index contributed by atoms with van der Waals surface area (Å²) in [6.07, 6.45) is 7.07. The number of carbonyl (C=O) groups excluding carboxylic acids is 2. The van der Waals surface area contributed by atoms with Gasteiger partial charge >= 0.3 is 0 Å². The Bertz CT molecular complexity index is 362. The van der Waals surface area contributed by atoms with Crippen molar-refractivity contribution in [1.82, 2.24) is 15.5 Å². The smallest absolute Gasteiger partial charge is 0.245 e. The van der Waals surface area contributed by atoms with E-state index in [9.17, 15) is 9.59 Å². The van der Waals surface area contributed by atoms with Gasteiger partial charge in [-0.25, -0.2) is 0 Å². The summed E-state index contributed by atoms with van der Waals surface area (Å²) in [6, 6.07) is 0.598. The van der Waals surface area contributed by atoms with E-state index < -0.39 is 0 Å². The van der Waals surface area contributed by atoms with E-state index in [2.05, 4.69) is 10.6 Å². The van der Waals surface area contributed by atoms with Crippen LogP contribution >= 0.6 is 0 Å². The zero-order valence-corrected chi connectivity index (χ0v) is 11.4. The number of rotatable bonds is 4. The molecule has 0 aromatic heterocycles. The quantitative estimate of drug-likeness (QED) is 0.773. The van der Waals surface area contributed by atoms with Crippen LogP contribution in [0.3, 0.4) is 0 Å². The second-order valence-electron chi connectivity index (χ2n) is 6.03. The molecule has 106 valence electrons. The summed E-state index contributed by atoms with van der Waals surface area (Å²) in [4.78, 5) is 25.8. The van der Waals surface area contributed by atoms with Crippen LogP contribution in [0, 0.1) is 0 Å². The van der Waals surface area contributed by atoms with E-state index in [-0.39, 0.29) is 17.9 Å².